The molecule has 27 heavy (non-hydrogen) atoms. The number of guanidine groups is 1. The maximum atomic E-state index is 5.97. The van der Waals surface area contributed by atoms with Gasteiger partial charge in [0.1, 0.15) is 6.54 Å². The number of benzene rings is 1. The summed E-state index contributed by atoms with van der Waals surface area (Å²) < 4.78 is 5.34. The van der Waals surface area contributed by atoms with E-state index in [-0.39, 0.29) is 0 Å². The van der Waals surface area contributed by atoms with Crippen LogP contribution in [-0.2, 0) is 19.5 Å². The Hall–Kier alpha value is -2.05. The quantitative estimate of drug-likeness (QED) is 0.607. The summed E-state index contributed by atoms with van der Waals surface area (Å²) in [5, 5.41) is 8.21. The molecular formula is C20H28ClN5O. The Labute approximate surface area is 166 Å². The molecule has 0 unspecified atom stereocenters. The number of halogens is 1. The van der Waals surface area contributed by atoms with Crippen molar-refractivity contribution in [2.75, 3.05) is 32.7 Å². The predicted octanol–water partition coefficient (Wildman–Crippen LogP) is 3.17. The van der Waals surface area contributed by atoms with Gasteiger partial charge in [0.05, 0.1) is 5.69 Å². The number of rotatable bonds is 6. The summed E-state index contributed by atoms with van der Waals surface area (Å²) in [6.45, 7) is 10.4. The van der Waals surface area contributed by atoms with Gasteiger partial charge in [-0.3, -0.25) is 4.90 Å². The number of nitrogens with one attached hydrogen (secondary N) is 1. The van der Waals surface area contributed by atoms with Gasteiger partial charge in [0, 0.05) is 50.4 Å². The number of aromatic nitrogens is 1. The van der Waals surface area contributed by atoms with Gasteiger partial charge in [0.2, 0.25) is 0 Å². The average molecular weight is 390 g/mol. The van der Waals surface area contributed by atoms with E-state index in [1.807, 2.05) is 18.2 Å². The first kappa shape index (κ1) is 19.7. The van der Waals surface area contributed by atoms with Crippen LogP contribution in [0.4, 0.5) is 0 Å². The molecule has 0 saturated carbocycles. The minimum atomic E-state index is 0.514. The van der Waals surface area contributed by atoms with Crippen molar-refractivity contribution in [3.05, 3.63) is 52.4 Å². The van der Waals surface area contributed by atoms with Crippen LogP contribution < -0.4 is 5.32 Å². The summed E-state index contributed by atoms with van der Waals surface area (Å²) in [5.74, 6) is 1.75. The lowest BCUT2D eigenvalue weighted by Crippen LogP contribution is -2.52. The molecule has 1 aliphatic heterocycles. The van der Waals surface area contributed by atoms with Crippen molar-refractivity contribution in [2.24, 2.45) is 4.99 Å². The highest BCUT2D eigenvalue weighted by Crippen LogP contribution is 2.13. The molecule has 2 aromatic rings. The molecule has 3 rings (SSSR count). The minimum Gasteiger partial charge on any atom is -0.359 e. The number of hydrogen-bond donors (Lipinski definition) is 1. The molecule has 146 valence electrons. The first-order chi connectivity index (χ1) is 13.2. The van der Waals surface area contributed by atoms with E-state index < -0.39 is 0 Å². The number of piperazine rings is 1. The van der Waals surface area contributed by atoms with E-state index in [2.05, 4.69) is 46.3 Å². The van der Waals surface area contributed by atoms with Crippen molar-refractivity contribution in [1.82, 2.24) is 20.3 Å². The van der Waals surface area contributed by atoms with Gasteiger partial charge in [0.15, 0.2) is 11.7 Å². The standard InChI is InChI=1S/C20H28ClN5O/c1-3-18-13-19(27-24-18)14-23-20(22-4-2)26-11-9-25(10-12-26)15-16-5-7-17(21)8-6-16/h5-8,13H,3-4,9-12,14-15H2,1-2H3,(H,22,23). The first-order valence-corrected chi connectivity index (χ1v) is 10.00. The van der Waals surface area contributed by atoms with Crippen molar-refractivity contribution in [2.45, 2.75) is 33.4 Å². The summed E-state index contributed by atoms with van der Waals surface area (Å²) in [6.07, 6.45) is 0.878. The lowest BCUT2D eigenvalue weighted by Gasteiger charge is -2.36. The summed E-state index contributed by atoms with van der Waals surface area (Å²) in [5.41, 5.74) is 2.27. The van der Waals surface area contributed by atoms with Gasteiger partial charge in [-0.15, -0.1) is 0 Å². The first-order valence-electron chi connectivity index (χ1n) is 9.62. The van der Waals surface area contributed by atoms with Crippen LogP contribution in [-0.4, -0.2) is 53.6 Å². The fourth-order valence-corrected chi connectivity index (χ4v) is 3.27. The van der Waals surface area contributed by atoms with Crippen molar-refractivity contribution >= 4 is 17.6 Å². The third-order valence-electron chi connectivity index (χ3n) is 4.68. The molecule has 6 nitrogen and oxygen atoms in total. The van der Waals surface area contributed by atoms with E-state index in [1.165, 1.54) is 5.56 Å². The molecule has 1 N–H and O–H groups in total. The Balaban J connectivity index is 1.54. The molecule has 0 bridgehead atoms. The minimum absolute atomic E-state index is 0.514. The Bertz CT molecular complexity index is 735. The Kier molecular flexibility index (Phi) is 7.12. The van der Waals surface area contributed by atoms with E-state index in [0.717, 1.165) is 68.1 Å². The SMILES string of the molecule is CCNC(=NCc1cc(CC)no1)N1CCN(Cc2ccc(Cl)cc2)CC1. The van der Waals surface area contributed by atoms with Gasteiger partial charge >= 0.3 is 0 Å². The fraction of sp³-hybridized carbons (Fsp3) is 0.500. The van der Waals surface area contributed by atoms with Gasteiger partial charge in [-0.2, -0.15) is 0 Å². The highest BCUT2D eigenvalue weighted by molar-refractivity contribution is 6.30. The van der Waals surface area contributed by atoms with Crippen LogP contribution in [0.3, 0.4) is 0 Å². The van der Waals surface area contributed by atoms with E-state index >= 15 is 0 Å². The lowest BCUT2D eigenvalue weighted by molar-refractivity contribution is 0.172. The predicted molar refractivity (Wildman–Crippen MR) is 109 cm³/mol. The normalized spacial score (nSPS) is 16.0. The summed E-state index contributed by atoms with van der Waals surface area (Å²) >= 11 is 5.97. The maximum absolute atomic E-state index is 5.97. The van der Waals surface area contributed by atoms with Crippen molar-refractivity contribution in [3.63, 3.8) is 0 Å². The van der Waals surface area contributed by atoms with E-state index in [9.17, 15) is 0 Å². The number of aliphatic imine (C=N–C) groups is 1. The van der Waals surface area contributed by atoms with Crippen LogP contribution in [0, 0.1) is 0 Å². The van der Waals surface area contributed by atoms with Crippen molar-refractivity contribution in [1.29, 1.82) is 0 Å². The Morgan fingerprint density at radius 2 is 1.93 bits per heavy atom. The van der Waals surface area contributed by atoms with Gasteiger partial charge in [-0.25, -0.2) is 4.99 Å². The topological polar surface area (TPSA) is 56.9 Å². The molecule has 0 spiro atoms. The summed E-state index contributed by atoms with van der Waals surface area (Å²) in [6, 6.07) is 10.1. The fourth-order valence-electron chi connectivity index (χ4n) is 3.14. The second-order valence-corrected chi connectivity index (χ2v) is 7.13. The monoisotopic (exact) mass is 389 g/mol. The number of nitrogens with zero attached hydrogens (tertiary/aromatic N) is 4. The van der Waals surface area contributed by atoms with Crippen LogP contribution in [0.2, 0.25) is 5.02 Å². The summed E-state index contributed by atoms with van der Waals surface area (Å²) in [4.78, 5) is 9.52. The largest absolute Gasteiger partial charge is 0.359 e. The second kappa shape index (κ2) is 9.76. The summed E-state index contributed by atoms with van der Waals surface area (Å²) in [7, 11) is 0. The molecule has 1 fully saturated rings. The van der Waals surface area contributed by atoms with Crippen LogP contribution in [0.5, 0.6) is 0 Å². The molecule has 1 saturated heterocycles. The number of aryl methyl sites for hydroxylation is 1. The van der Waals surface area contributed by atoms with Gasteiger partial charge < -0.3 is 14.7 Å². The Morgan fingerprint density at radius 3 is 2.56 bits per heavy atom. The molecule has 0 amide bonds. The zero-order valence-electron chi connectivity index (χ0n) is 16.1. The third-order valence-corrected chi connectivity index (χ3v) is 4.93. The highest BCUT2D eigenvalue weighted by Gasteiger charge is 2.19. The smallest absolute Gasteiger partial charge is 0.194 e. The Morgan fingerprint density at radius 1 is 1.19 bits per heavy atom. The zero-order valence-corrected chi connectivity index (χ0v) is 16.9. The van der Waals surface area contributed by atoms with E-state index in [1.54, 1.807) is 0 Å². The third kappa shape index (κ3) is 5.71. The number of hydrogen-bond acceptors (Lipinski definition) is 4. The second-order valence-electron chi connectivity index (χ2n) is 6.70. The van der Waals surface area contributed by atoms with Crippen molar-refractivity contribution in [3.8, 4) is 0 Å². The maximum Gasteiger partial charge on any atom is 0.194 e. The van der Waals surface area contributed by atoms with Crippen LogP contribution in [0.1, 0.15) is 30.9 Å². The van der Waals surface area contributed by atoms with Gasteiger partial charge in [-0.1, -0.05) is 35.8 Å². The molecule has 1 aromatic carbocycles. The van der Waals surface area contributed by atoms with Gasteiger partial charge in [0.25, 0.3) is 0 Å². The highest BCUT2D eigenvalue weighted by atomic mass is 35.5. The molecule has 1 aliphatic rings. The van der Waals surface area contributed by atoms with Crippen LogP contribution in [0.25, 0.3) is 0 Å². The molecule has 7 heteroatoms. The van der Waals surface area contributed by atoms with Crippen molar-refractivity contribution < 1.29 is 4.52 Å². The lowest BCUT2D eigenvalue weighted by atomic mass is 10.2. The molecule has 1 aromatic heterocycles. The molecule has 0 radical (unpaired) electrons. The molecular weight excluding hydrogens is 362 g/mol. The van der Waals surface area contributed by atoms with Crippen LogP contribution >= 0.6 is 11.6 Å². The molecule has 0 atom stereocenters. The average Bonchev–Trinajstić information content (AvgIpc) is 3.16. The molecule has 0 aliphatic carbocycles. The van der Waals surface area contributed by atoms with Gasteiger partial charge in [-0.05, 0) is 31.0 Å². The van der Waals surface area contributed by atoms with E-state index in [0.29, 0.717) is 6.54 Å². The molecule has 2 heterocycles. The zero-order chi connectivity index (χ0) is 19.1. The van der Waals surface area contributed by atoms with E-state index in [4.69, 9.17) is 21.1 Å². The van der Waals surface area contributed by atoms with Crippen LogP contribution in [0.15, 0.2) is 39.8 Å².